The van der Waals surface area contributed by atoms with E-state index in [1.807, 2.05) is 62.5 Å². The quantitative estimate of drug-likeness (QED) is 0.118. The summed E-state index contributed by atoms with van der Waals surface area (Å²) < 4.78 is 20.9. The van der Waals surface area contributed by atoms with Crippen LogP contribution < -0.4 is 4.40 Å². The summed E-state index contributed by atoms with van der Waals surface area (Å²) in [6, 6.07) is 52.5. The molecule has 5 heteroatoms. The van der Waals surface area contributed by atoms with E-state index in [4.69, 9.17) is 2.74 Å². The Hall–Kier alpha value is -4.19. The minimum atomic E-state index is -1.72. The van der Waals surface area contributed by atoms with E-state index in [0.717, 1.165) is 27.2 Å². The molecule has 0 bridgehead atoms. The van der Waals surface area contributed by atoms with E-state index >= 15 is 0 Å². The molecule has 0 aliphatic carbocycles. The average molecular weight is 934 g/mol. The second kappa shape index (κ2) is 16.7. The molecule has 261 valence electrons. The van der Waals surface area contributed by atoms with Crippen LogP contribution in [0.1, 0.15) is 22.2 Å². The first-order valence-electron chi connectivity index (χ1n) is 18.4. The predicted octanol–water partition coefficient (Wildman–Crippen LogP) is 12.5. The van der Waals surface area contributed by atoms with Crippen LogP contribution in [0.2, 0.25) is 17.3 Å². The van der Waals surface area contributed by atoms with Crippen LogP contribution in [-0.4, -0.2) is 23.2 Å². The Balaban J connectivity index is 0.000000246. The maximum absolute atomic E-state index is 8.53. The summed E-state index contributed by atoms with van der Waals surface area (Å²) in [6.07, 6.45) is 2.33. The van der Waals surface area contributed by atoms with E-state index in [1.54, 1.807) is 23.6 Å². The smallest absolute Gasteiger partial charge is 0 e. The van der Waals surface area contributed by atoms with Gasteiger partial charge in [-0.15, -0.1) is 23.8 Å². The van der Waals surface area contributed by atoms with Crippen LogP contribution in [0.5, 0.6) is 0 Å². The molecule has 0 fully saturated rings. The molecule has 2 nitrogen and oxygen atoms in total. The summed E-state index contributed by atoms with van der Waals surface area (Å²) in [6.45, 7) is 3.82. The van der Waals surface area contributed by atoms with Gasteiger partial charge in [-0.25, -0.2) is 0 Å². The molecule has 8 rings (SSSR count). The minimum absolute atomic E-state index is 0. The molecule has 0 unspecified atom stereocenters. The zero-order valence-electron chi connectivity index (χ0n) is 32.1. The number of rotatable bonds is 7. The molecule has 0 spiro atoms. The Bertz CT molecular complexity index is 2480. The average Bonchev–Trinajstić information content (AvgIpc) is 3.57. The molecular weight excluding hydrogens is 889 g/mol. The fraction of sp³-hybridized carbons (Fsp3) is 0.149. The Kier molecular flexibility index (Phi) is 11.2. The Labute approximate surface area is 331 Å². The van der Waals surface area contributed by atoms with Crippen LogP contribution in [0.15, 0.2) is 146 Å². The summed E-state index contributed by atoms with van der Waals surface area (Å²) in [5.41, 5.74) is 9.23. The summed E-state index contributed by atoms with van der Waals surface area (Å²) in [5.74, 6) is 7.01. The Morgan fingerprint density at radius 2 is 1.38 bits per heavy atom. The van der Waals surface area contributed by atoms with E-state index in [9.17, 15) is 0 Å². The van der Waals surface area contributed by atoms with Crippen molar-refractivity contribution >= 4 is 49.2 Å². The van der Waals surface area contributed by atoms with Gasteiger partial charge in [0.25, 0.3) is 0 Å². The molecule has 0 N–H and O–H groups in total. The van der Waals surface area contributed by atoms with Gasteiger partial charge >= 0.3 is 99.8 Å². The molecule has 5 aromatic carbocycles. The molecule has 0 saturated heterocycles. The second-order valence-electron chi connectivity index (χ2n) is 14.0. The van der Waals surface area contributed by atoms with Crippen molar-refractivity contribution in [2.45, 2.75) is 37.5 Å². The molecule has 8 aromatic rings. The van der Waals surface area contributed by atoms with Crippen LogP contribution in [0.4, 0.5) is 0 Å². The van der Waals surface area contributed by atoms with Gasteiger partial charge in [-0.2, -0.15) is 11.3 Å². The molecule has 0 amide bonds. The third-order valence-electron chi connectivity index (χ3n) is 8.84. The standard InChI is InChI=1S/C33H26NS.C14H16GeN.Ir/c1-22(2)19-23-17-18-34-31(20-23)30-10-6-9-29-28-16-15-27(21-32(28)35-33(29)30)26-13-11-25(12-14-26)24-7-4-3-5-8-24;1-15(2,3)13-9-10-14(16-11-13)12-7-5-4-6-8-12;/h3-9,11-18,20-22H,19H2,1-2H3;4-7,9-11H,1-3H3;/q2*-1;/i19D2;;. The zero-order valence-corrected chi connectivity index (χ0v) is 35.4. The number of thiophene rings is 1. The number of benzene rings is 5. The van der Waals surface area contributed by atoms with E-state index in [-0.39, 0.29) is 26.0 Å². The molecule has 3 aromatic heterocycles. The van der Waals surface area contributed by atoms with E-state index in [1.165, 1.54) is 42.1 Å². The number of fused-ring (bicyclic) bond motifs is 3. The molecule has 0 aliphatic rings. The molecule has 1 radical (unpaired) electrons. The topological polar surface area (TPSA) is 25.8 Å². The molecule has 0 saturated carbocycles. The van der Waals surface area contributed by atoms with Crippen molar-refractivity contribution < 1.29 is 22.8 Å². The summed E-state index contributed by atoms with van der Waals surface area (Å²) in [7, 11) is 0. The monoisotopic (exact) mass is 935 g/mol. The molecule has 0 aliphatic heterocycles. The first-order chi connectivity index (χ1) is 25.5. The zero-order chi connectivity index (χ0) is 37.2. The summed E-state index contributed by atoms with van der Waals surface area (Å²) in [4.78, 5) is 9.14. The van der Waals surface area contributed by atoms with Crippen LogP contribution >= 0.6 is 11.3 Å². The molecule has 3 heterocycles. The van der Waals surface area contributed by atoms with Gasteiger partial charge in [0.05, 0.1) is 0 Å². The van der Waals surface area contributed by atoms with Crippen molar-refractivity contribution in [3.63, 3.8) is 0 Å². The van der Waals surface area contributed by atoms with Crippen molar-refractivity contribution in [2.75, 3.05) is 0 Å². The van der Waals surface area contributed by atoms with Gasteiger partial charge in [0.1, 0.15) is 0 Å². The van der Waals surface area contributed by atoms with Gasteiger partial charge in [-0.3, -0.25) is 0 Å². The van der Waals surface area contributed by atoms with E-state index in [0.29, 0.717) is 5.56 Å². The van der Waals surface area contributed by atoms with Gasteiger partial charge in [0.2, 0.25) is 0 Å². The maximum atomic E-state index is 8.53. The number of hydrogen-bond acceptors (Lipinski definition) is 3. The van der Waals surface area contributed by atoms with Crippen molar-refractivity contribution in [2.24, 2.45) is 5.92 Å². The molecule has 0 atom stereocenters. The van der Waals surface area contributed by atoms with Gasteiger partial charge in [-0.1, -0.05) is 97.6 Å². The third kappa shape index (κ3) is 8.70. The van der Waals surface area contributed by atoms with Crippen LogP contribution in [0, 0.1) is 18.1 Å². The fourth-order valence-electron chi connectivity index (χ4n) is 6.14. The summed E-state index contributed by atoms with van der Waals surface area (Å²) in [5, 5.41) is 2.40. The number of hydrogen-bond donors (Lipinski definition) is 0. The fourth-order valence-corrected chi connectivity index (χ4v) is 9.56. The predicted molar refractivity (Wildman–Crippen MR) is 222 cm³/mol. The number of pyridine rings is 2. The van der Waals surface area contributed by atoms with Gasteiger partial charge in [0.15, 0.2) is 0 Å². The number of aromatic nitrogens is 2. The second-order valence-corrected chi connectivity index (χ2v) is 25.7. The third-order valence-corrected chi connectivity index (χ3v) is 14.3. The van der Waals surface area contributed by atoms with Crippen molar-refractivity contribution in [3.8, 4) is 44.8 Å². The van der Waals surface area contributed by atoms with Crippen molar-refractivity contribution in [1.82, 2.24) is 9.97 Å². The summed E-state index contributed by atoms with van der Waals surface area (Å²) >= 11 is 0.0307. The Morgan fingerprint density at radius 1 is 0.673 bits per heavy atom. The van der Waals surface area contributed by atoms with Crippen LogP contribution in [0.25, 0.3) is 64.9 Å². The van der Waals surface area contributed by atoms with Gasteiger partial charge < -0.3 is 4.98 Å². The Morgan fingerprint density at radius 3 is 2.06 bits per heavy atom. The van der Waals surface area contributed by atoms with Crippen molar-refractivity contribution in [3.05, 3.63) is 164 Å². The van der Waals surface area contributed by atoms with E-state index in [2.05, 4.69) is 124 Å². The SMILES string of the molecule is [2H]C([2H])(c1ccnc(-c2[c-]ccc3c2sc2cc(-c4ccc(-c5ccccc5)cc4)ccc23)c1)C(C)C.[CH3][Ge]([CH3])([CH3])[c]1ccc(-c2[c-]cccc2)nc1.[Ir]. The first kappa shape index (κ1) is 34.9. The van der Waals surface area contributed by atoms with Gasteiger partial charge in [0, 0.05) is 33.7 Å². The van der Waals surface area contributed by atoms with Gasteiger partial charge in [-0.05, 0) is 62.5 Å². The van der Waals surface area contributed by atoms with Crippen LogP contribution in [-0.2, 0) is 26.5 Å². The first-order valence-corrected chi connectivity index (χ1v) is 25.6. The van der Waals surface area contributed by atoms with E-state index < -0.39 is 19.6 Å². The van der Waals surface area contributed by atoms with Crippen molar-refractivity contribution in [1.29, 1.82) is 0 Å². The maximum Gasteiger partial charge on any atom is 0 e. The molecule has 52 heavy (non-hydrogen) atoms. The molecular formula is C47H42GeIrN2S-2. The normalized spacial score (nSPS) is 12.1. The minimum Gasteiger partial charge on any atom is 0 e. The largest absolute Gasteiger partial charge is 0 e. The number of nitrogens with zero attached hydrogens (tertiary/aromatic N) is 2. The van der Waals surface area contributed by atoms with Crippen LogP contribution in [0.3, 0.4) is 0 Å².